The second kappa shape index (κ2) is 6.26. The molecule has 0 amide bonds. The summed E-state index contributed by atoms with van der Waals surface area (Å²) >= 11 is 1.51. The van der Waals surface area contributed by atoms with Gasteiger partial charge in [0.15, 0.2) is 11.6 Å². The maximum Gasteiger partial charge on any atom is 0.203 e. The lowest BCUT2D eigenvalue weighted by atomic mass is 9.95. The lowest BCUT2D eigenvalue weighted by molar-refractivity contribution is 0.0404. The molecule has 0 spiro atoms. The van der Waals surface area contributed by atoms with Crippen molar-refractivity contribution in [3.05, 3.63) is 18.2 Å². The Kier molecular flexibility index (Phi) is 4.13. The minimum absolute atomic E-state index is 0.259. The van der Waals surface area contributed by atoms with Gasteiger partial charge in [0, 0.05) is 24.2 Å². The van der Waals surface area contributed by atoms with Crippen LogP contribution >= 0.6 is 11.8 Å². The van der Waals surface area contributed by atoms with Crippen LogP contribution in [0.25, 0.3) is 5.65 Å². The summed E-state index contributed by atoms with van der Waals surface area (Å²) in [6, 6.07) is 0.441. The molecule has 2 aromatic heterocycles. The first kappa shape index (κ1) is 15.2. The van der Waals surface area contributed by atoms with E-state index in [-0.39, 0.29) is 5.25 Å². The van der Waals surface area contributed by atoms with E-state index < -0.39 is 12.2 Å². The SMILES string of the molecule is O[C@@H]1[C@H](O)CS[C@H]1c1nnc2c(NC3CCCCC3)nccn12. The van der Waals surface area contributed by atoms with E-state index in [2.05, 4.69) is 20.5 Å². The first-order valence-electron chi connectivity index (χ1n) is 8.18. The van der Waals surface area contributed by atoms with E-state index >= 15 is 0 Å². The van der Waals surface area contributed by atoms with E-state index in [9.17, 15) is 10.2 Å². The third-order valence-corrected chi connectivity index (χ3v) is 6.09. The van der Waals surface area contributed by atoms with Gasteiger partial charge in [-0.3, -0.25) is 4.40 Å². The molecule has 2 aromatic rings. The van der Waals surface area contributed by atoms with Crippen LogP contribution in [0.3, 0.4) is 0 Å². The molecule has 0 aromatic carbocycles. The average Bonchev–Trinajstić information content (AvgIpc) is 3.14. The van der Waals surface area contributed by atoms with Crippen LogP contribution in [0.4, 0.5) is 5.82 Å². The predicted octanol–water partition coefficient (Wildman–Crippen LogP) is 1.38. The summed E-state index contributed by atoms with van der Waals surface area (Å²) in [5.41, 5.74) is 0.683. The molecule has 1 aliphatic carbocycles. The summed E-state index contributed by atoms with van der Waals surface area (Å²) in [7, 11) is 0. The molecule has 0 radical (unpaired) electrons. The van der Waals surface area contributed by atoms with Gasteiger partial charge in [0.1, 0.15) is 0 Å². The number of thioether (sulfide) groups is 1. The molecule has 124 valence electrons. The van der Waals surface area contributed by atoms with Crippen molar-refractivity contribution in [3.63, 3.8) is 0 Å². The molecule has 1 saturated heterocycles. The zero-order valence-corrected chi connectivity index (χ0v) is 13.6. The average molecular weight is 335 g/mol. The zero-order valence-electron chi connectivity index (χ0n) is 12.8. The van der Waals surface area contributed by atoms with Crippen LogP contribution in [0.2, 0.25) is 0 Å². The molecule has 23 heavy (non-hydrogen) atoms. The number of hydrogen-bond donors (Lipinski definition) is 3. The Morgan fingerprint density at radius 3 is 2.74 bits per heavy atom. The van der Waals surface area contributed by atoms with Crippen LogP contribution in [0.1, 0.15) is 43.2 Å². The molecule has 3 heterocycles. The second-order valence-electron chi connectivity index (χ2n) is 6.32. The number of rotatable bonds is 3. The minimum atomic E-state index is -0.810. The third-order valence-electron chi connectivity index (χ3n) is 4.70. The van der Waals surface area contributed by atoms with Crippen molar-refractivity contribution < 1.29 is 10.2 Å². The monoisotopic (exact) mass is 335 g/mol. The molecule has 0 unspecified atom stereocenters. The van der Waals surface area contributed by atoms with Crippen molar-refractivity contribution in [2.75, 3.05) is 11.1 Å². The van der Waals surface area contributed by atoms with Crippen molar-refractivity contribution in [1.29, 1.82) is 0 Å². The lowest BCUT2D eigenvalue weighted by Gasteiger charge is -2.23. The van der Waals surface area contributed by atoms with Crippen molar-refractivity contribution in [2.45, 2.75) is 55.6 Å². The Morgan fingerprint density at radius 2 is 2.00 bits per heavy atom. The van der Waals surface area contributed by atoms with Crippen molar-refractivity contribution in [3.8, 4) is 0 Å². The van der Waals surface area contributed by atoms with Crippen molar-refractivity contribution in [2.24, 2.45) is 0 Å². The summed E-state index contributed by atoms with van der Waals surface area (Å²) < 4.78 is 1.87. The van der Waals surface area contributed by atoms with Gasteiger partial charge in [0.25, 0.3) is 0 Å². The van der Waals surface area contributed by atoms with Gasteiger partial charge in [-0.1, -0.05) is 19.3 Å². The Bertz CT molecular complexity index is 688. The van der Waals surface area contributed by atoms with Gasteiger partial charge in [-0.05, 0) is 12.8 Å². The first-order valence-corrected chi connectivity index (χ1v) is 9.23. The highest BCUT2D eigenvalue weighted by Crippen LogP contribution is 2.39. The Balaban J connectivity index is 1.64. The highest BCUT2D eigenvalue weighted by Gasteiger charge is 2.38. The first-order chi connectivity index (χ1) is 11.2. The maximum absolute atomic E-state index is 10.1. The van der Waals surface area contributed by atoms with E-state index in [1.165, 1.54) is 31.0 Å². The molecule has 2 aliphatic rings. The van der Waals surface area contributed by atoms with Crippen molar-refractivity contribution in [1.82, 2.24) is 19.6 Å². The van der Waals surface area contributed by atoms with Gasteiger partial charge < -0.3 is 15.5 Å². The Hall–Kier alpha value is -1.38. The molecule has 8 heteroatoms. The normalized spacial score (nSPS) is 29.2. The zero-order chi connectivity index (χ0) is 15.8. The van der Waals surface area contributed by atoms with Crippen LogP contribution in [0.15, 0.2) is 12.4 Å². The smallest absolute Gasteiger partial charge is 0.203 e. The molecule has 3 N–H and O–H groups in total. The summed E-state index contributed by atoms with van der Waals surface area (Å²) in [6.07, 6.45) is 8.16. The fourth-order valence-corrected chi connectivity index (χ4v) is 4.70. The molecule has 3 atom stereocenters. The minimum Gasteiger partial charge on any atom is -0.390 e. The Morgan fingerprint density at radius 1 is 1.17 bits per heavy atom. The number of aromatic nitrogens is 4. The van der Waals surface area contributed by atoms with Crippen molar-refractivity contribution >= 4 is 23.2 Å². The van der Waals surface area contributed by atoms with Crippen LogP contribution < -0.4 is 5.32 Å². The van der Waals surface area contributed by atoms with E-state index in [1.807, 2.05) is 10.6 Å². The summed E-state index contributed by atoms with van der Waals surface area (Å²) in [4.78, 5) is 4.42. The van der Waals surface area contributed by atoms with Gasteiger partial charge in [0.05, 0.1) is 17.5 Å². The molecular formula is C15H21N5O2S. The van der Waals surface area contributed by atoms with Gasteiger partial charge in [0.2, 0.25) is 5.65 Å². The fourth-order valence-electron chi connectivity index (χ4n) is 3.41. The molecule has 1 aliphatic heterocycles. The fraction of sp³-hybridized carbons (Fsp3) is 0.667. The molecule has 0 bridgehead atoms. The molecule has 2 fully saturated rings. The number of aliphatic hydroxyl groups is 2. The highest BCUT2D eigenvalue weighted by atomic mass is 32.2. The predicted molar refractivity (Wildman–Crippen MR) is 88.5 cm³/mol. The number of hydrogen-bond acceptors (Lipinski definition) is 7. The van der Waals surface area contributed by atoms with Crippen LogP contribution in [-0.2, 0) is 0 Å². The molecular weight excluding hydrogens is 314 g/mol. The number of anilines is 1. The molecule has 1 saturated carbocycles. The Labute approximate surface area is 138 Å². The van der Waals surface area contributed by atoms with E-state index in [4.69, 9.17) is 0 Å². The number of aliphatic hydroxyl groups excluding tert-OH is 2. The van der Waals surface area contributed by atoms with Crippen LogP contribution in [-0.4, -0.2) is 53.8 Å². The number of nitrogens with zero attached hydrogens (tertiary/aromatic N) is 4. The summed E-state index contributed by atoms with van der Waals surface area (Å²) in [5, 5.41) is 31.7. The topological polar surface area (TPSA) is 95.6 Å². The molecule has 4 rings (SSSR count). The highest BCUT2D eigenvalue weighted by molar-refractivity contribution is 7.99. The standard InChI is InChI=1S/C15H21N5O2S/c21-10-8-23-12(11(10)22)14-18-19-15-13(16-6-7-20(14)15)17-9-4-2-1-3-5-9/h6-7,9-12,21-22H,1-5,8H2,(H,16,17)/t10-,11-,12-/m1/s1. The van der Waals surface area contributed by atoms with E-state index in [1.54, 1.807) is 6.20 Å². The second-order valence-corrected chi connectivity index (χ2v) is 7.49. The van der Waals surface area contributed by atoms with Crippen LogP contribution in [0, 0.1) is 0 Å². The summed E-state index contributed by atoms with van der Waals surface area (Å²) in [5.74, 6) is 1.93. The quantitative estimate of drug-likeness (QED) is 0.780. The third kappa shape index (κ3) is 2.79. The van der Waals surface area contributed by atoms with Gasteiger partial charge in [-0.25, -0.2) is 4.98 Å². The summed E-state index contributed by atoms with van der Waals surface area (Å²) in [6.45, 7) is 0. The lowest BCUT2D eigenvalue weighted by Crippen LogP contribution is -2.26. The van der Waals surface area contributed by atoms with E-state index in [0.717, 1.165) is 18.7 Å². The van der Waals surface area contributed by atoms with Gasteiger partial charge in [-0.15, -0.1) is 22.0 Å². The molecule has 7 nitrogen and oxygen atoms in total. The maximum atomic E-state index is 10.1. The van der Waals surface area contributed by atoms with Gasteiger partial charge >= 0.3 is 0 Å². The van der Waals surface area contributed by atoms with Crippen LogP contribution in [0.5, 0.6) is 0 Å². The van der Waals surface area contributed by atoms with E-state index in [0.29, 0.717) is 23.3 Å². The largest absolute Gasteiger partial charge is 0.390 e. The van der Waals surface area contributed by atoms with Gasteiger partial charge in [-0.2, -0.15) is 0 Å². The number of nitrogens with one attached hydrogen (secondary N) is 1. The number of fused-ring (bicyclic) bond motifs is 1.